The maximum atomic E-state index is 12.2. The van der Waals surface area contributed by atoms with Gasteiger partial charge >= 0.3 is 5.97 Å². The molecule has 0 saturated carbocycles. The molecule has 0 radical (unpaired) electrons. The van der Waals surface area contributed by atoms with Gasteiger partial charge in [0.1, 0.15) is 6.61 Å². The first-order valence-electron chi connectivity index (χ1n) is 8.01. The molecule has 1 heterocycles. The van der Waals surface area contributed by atoms with Crippen molar-refractivity contribution < 1.29 is 24.2 Å². The number of aliphatic hydroxyl groups is 1. The molecule has 1 aliphatic rings. The van der Waals surface area contributed by atoms with E-state index in [0.29, 0.717) is 19.3 Å². The van der Waals surface area contributed by atoms with Gasteiger partial charge in [-0.2, -0.15) is 0 Å². The van der Waals surface area contributed by atoms with E-state index in [9.17, 15) is 14.4 Å². The van der Waals surface area contributed by atoms with E-state index in [4.69, 9.17) is 9.84 Å². The summed E-state index contributed by atoms with van der Waals surface area (Å²) in [7, 11) is 0. The second-order valence-corrected chi connectivity index (χ2v) is 5.66. The number of amides is 2. The van der Waals surface area contributed by atoms with E-state index >= 15 is 0 Å². The van der Waals surface area contributed by atoms with Crippen LogP contribution in [0.15, 0.2) is 12.2 Å². The summed E-state index contributed by atoms with van der Waals surface area (Å²) in [6.07, 6.45) is 6.11. The minimum atomic E-state index is -0.478. The lowest BCUT2D eigenvalue weighted by atomic mass is 9.99. The molecule has 0 fully saturated rings. The summed E-state index contributed by atoms with van der Waals surface area (Å²) in [5.41, 5.74) is 0. The number of carbonyl (C=O) groups excluding carboxylic acids is 3. The monoisotopic (exact) mass is 326 g/mol. The maximum absolute atomic E-state index is 12.2. The van der Waals surface area contributed by atoms with Crippen molar-refractivity contribution in [1.29, 1.82) is 0 Å². The van der Waals surface area contributed by atoms with Gasteiger partial charge in [-0.1, -0.05) is 12.2 Å². The minimum absolute atomic E-state index is 0.0559. The molecule has 0 bridgehead atoms. The van der Waals surface area contributed by atoms with Crippen molar-refractivity contribution in [2.24, 2.45) is 5.92 Å². The Kier molecular flexibility index (Phi) is 8.97. The highest BCUT2D eigenvalue weighted by Crippen LogP contribution is 2.12. The molecule has 2 amide bonds. The Hall–Kier alpha value is -1.89. The number of hydrogen-bond donors (Lipinski definition) is 3. The largest absolute Gasteiger partial charge is 0.464 e. The molecule has 23 heavy (non-hydrogen) atoms. The summed E-state index contributed by atoms with van der Waals surface area (Å²) < 4.78 is 5.00. The van der Waals surface area contributed by atoms with Crippen LogP contribution in [-0.2, 0) is 19.1 Å². The zero-order valence-corrected chi connectivity index (χ0v) is 13.5. The van der Waals surface area contributed by atoms with Crippen LogP contribution in [0.1, 0.15) is 39.0 Å². The Balaban J connectivity index is 2.60. The van der Waals surface area contributed by atoms with E-state index < -0.39 is 5.92 Å². The molecule has 7 nitrogen and oxygen atoms in total. The highest BCUT2D eigenvalue weighted by molar-refractivity contribution is 5.86. The van der Waals surface area contributed by atoms with Crippen LogP contribution >= 0.6 is 0 Å². The van der Waals surface area contributed by atoms with E-state index in [2.05, 4.69) is 10.6 Å². The fourth-order valence-corrected chi connectivity index (χ4v) is 2.18. The summed E-state index contributed by atoms with van der Waals surface area (Å²) in [5.74, 6) is -1.25. The highest BCUT2D eigenvalue weighted by atomic mass is 16.5. The Bertz CT molecular complexity index is 436. The topological polar surface area (TPSA) is 105 Å². The van der Waals surface area contributed by atoms with Gasteiger partial charge in [0.15, 0.2) is 0 Å². The minimum Gasteiger partial charge on any atom is -0.464 e. The molecule has 0 aromatic carbocycles. The lowest BCUT2D eigenvalue weighted by Gasteiger charge is -2.17. The normalized spacial score (nSPS) is 21.9. The van der Waals surface area contributed by atoms with Crippen molar-refractivity contribution >= 4 is 17.8 Å². The molecule has 1 rings (SSSR count). The van der Waals surface area contributed by atoms with Crippen molar-refractivity contribution in [1.82, 2.24) is 10.6 Å². The van der Waals surface area contributed by atoms with Crippen LogP contribution in [0.25, 0.3) is 0 Å². The molecule has 1 aliphatic heterocycles. The third-order valence-corrected chi connectivity index (χ3v) is 3.49. The number of esters is 1. The molecular weight excluding hydrogens is 300 g/mol. The quantitative estimate of drug-likeness (QED) is 0.508. The average molecular weight is 326 g/mol. The Morgan fingerprint density at radius 3 is 3.00 bits per heavy atom. The van der Waals surface area contributed by atoms with Crippen LogP contribution in [0.2, 0.25) is 0 Å². The third-order valence-electron chi connectivity index (χ3n) is 3.49. The predicted octanol–water partition coefficient (Wildman–Crippen LogP) is 0.279. The lowest BCUT2D eigenvalue weighted by Crippen LogP contribution is -2.39. The van der Waals surface area contributed by atoms with Crippen molar-refractivity contribution in [2.75, 3.05) is 19.8 Å². The number of rotatable bonds is 4. The van der Waals surface area contributed by atoms with Crippen LogP contribution in [0, 0.1) is 5.92 Å². The summed E-state index contributed by atoms with van der Waals surface area (Å²) in [6.45, 7) is 1.92. The smallest absolute Gasteiger partial charge is 0.305 e. The third kappa shape index (κ3) is 8.35. The zero-order chi connectivity index (χ0) is 17.1. The van der Waals surface area contributed by atoms with E-state index in [-0.39, 0.29) is 50.0 Å². The number of aliphatic hydroxyl groups excluding tert-OH is 1. The second-order valence-electron chi connectivity index (χ2n) is 5.66. The summed E-state index contributed by atoms with van der Waals surface area (Å²) in [4.78, 5) is 35.5. The van der Waals surface area contributed by atoms with E-state index in [0.717, 1.165) is 6.42 Å². The molecule has 130 valence electrons. The van der Waals surface area contributed by atoms with Crippen LogP contribution in [-0.4, -0.2) is 48.7 Å². The lowest BCUT2D eigenvalue weighted by molar-refractivity contribution is -0.144. The van der Waals surface area contributed by atoms with Crippen molar-refractivity contribution in [3.8, 4) is 0 Å². The molecule has 7 heteroatoms. The van der Waals surface area contributed by atoms with Crippen LogP contribution < -0.4 is 10.6 Å². The molecule has 0 aromatic heterocycles. The molecule has 0 spiro atoms. The molecule has 3 N–H and O–H groups in total. The highest BCUT2D eigenvalue weighted by Gasteiger charge is 2.21. The van der Waals surface area contributed by atoms with Gasteiger partial charge in [0, 0.05) is 18.9 Å². The number of carbonyl (C=O) groups is 3. The number of hydrogen-bond acceptors (Lipinski definition) is 5. The van der Waals surface area contributed by atoms with Gasteiger partial charge in [0.2, 0.25) is 11.8 Å². The second kappa shape index (κ2) is 10.8. The van der Waals surface area contributed by atoms with E-state index in [1.807, 2.05) is 12.2 Å². The Morgan fingerprint density at radius 2 is 2.26 bits per heavy atom. The molecule has 0 aromatic rings. The fourth-order valence-electron chi connectivity index (χ4n) is 2.18. The molecular formula is C16H26N2O5. The van der Waals surface area contributed by atoms with Crippen molar-refractivity contribution in [3.05, 3.63) is 12.2 Å². The zero-order valence-electron chi connectivity index (χ0n) is 13.5. The molecule has 0 aliphatic carbocycles. The van der Waals surface area contributed by atoms with Gasteiger partial charge in [0.05, 0.1) is 19.1 Å². The fraction of sp³-hybridized carbons (Fsp3) is 0.688. The first kappa shape index (κ1) is 19.2. The molecule has 0 unspecified atom stereocenters. The van der Waals surface area contributed by atoms with Crippen LogP contribution in [0.5, 0.6) is 0 Å². The maximum Gasteiger partial charge on any atom is 0.305 e. The van der Waals surface area contributed by atoms with Gasteiger partial charge in [-0.3, -0.25) is 14.4 Å². The van der Waals surface area contributed by atoms with Gasteiger partial charge in [-0.05, 0) is 26.2 Å². The van der Waals surface area contributed by atoms with Gasteiger partial charge in [-0.15, -0.1) is 0 Å². The van der Waals surface area contributed by atoms with Gasteiger partial charge < -0.3 is 20.5 Å². The first-order chi connectivity index (χ1) is 11.0. The van der Waals surface area contributed by atoms with E-state index in [1.54, 1.807) is 6.92 Å². The number of allylic oxidation sites excluding steroid dienone is 2. The predicted molar refractivity (Wildman–Crippen MR) is 84.4 cm³/mol. The summed E-state index contributed by atoms with van der Waals surface area (Å²) in [5, 5.41) is 14.3. The Labute approximate surface area is 136 Å². The number of nitrogens with one attached hydrogen (secondary N) is 2. The van der Waals surface area contributed by atoms with E-state index in [1.165, 1.54) is 0 Å². The summed E-state index contributed by atoms with van der Waals surface area (Å²) >= 11 is 0. The molecule has 0 saturated heterocycles. The first-order valence-corrected chi connectivity index (χ1v) is 8.01. The van der Waals surface area contributed by atoms with Crippen LogP contribution in [0.3, 0.4) is 0 Å². The number of cyclic esters (lactones) is 1. The van der Waals surface area contributed by atoms with Crippen LogP contribution in [0.4, 0.5) is 0 Å². The van der Waals surface area contributed by atoms with Gasteiger partial charge in [-0.25, -0.2) is 0 Å². The molecule has 2 atom stereocenters. The SMILES string of the molecule is C[C@@H](CO)NC(=O)C[C@H]1CC=CCCCC(=O)OCCNC1=O. The van der Waals surface area contributed by atoms with Crippen molar-refractivity contribution in [3.63, 3.8) is 0 Å². The summed E-state index contributed by atoms with van der Waals surface area (Å²) in [6, 6.07) is -0.338. The average Bonchev–Trinajstić information content (AvgIpc) is 2.53. The Morgan fingerprint density at radius 1 is 1.48 bits per heavy atom. The standard InChI is InChI=1S/C16H26N2O5/c1-12(11-19)18-14(20)10-13-6-4-2-3-5-7-15(21)23-9-8-17-16(13)22/h2,4,12-13,19H,3,5-11H2,1H3,(H,17,22)(H,18,20)/t12-,13+/m0/s1. The number of ether oxygens (including phenoxy) is 1. The van der Waals surface area contributed by atoms with Crippen molar-refractivity contribution in [2.45, 2.75) is 45.1 Å². The van der Waals surface area contributed by atoms with Gasteiger partial charge in [0.25, 0.3) is 0 Å².